The lowest BCUT2D eigenvalue weighted by Gasteiger charge is -2.41. The Hall–Kier alpha value is -3.64. The normalized spacial score (nSPS) is 24.0. The molecule has 3 N–H and O–H groups in total. The summed E-state index contributed by atoms with van der Waals surface area (Å²) in [7, 11) is 9.85. The fourth-order valence-electron chi connectivity index (χ4n) is 10.1. The Bertz CT molecular complexity index is 1850. The van der Waals surface area contributed by atoms with E-state index < -0.39 is 53.9 Å². The molecule has 1 aromatic heterocycles. The second kappa shape index (κ2) is 27.1. The van der Waals surface area contributed by atoms with Gasteiger partial charge in [0.05, 0.1) is 42.2 Å². The highest BCUT2D eigenvalue weighted by Gasteiger charge is 2.44. The lowest BCUT2D eigenvalue weighted by Crippen LogP contribution is -2.60. The molecule has 1 aliphatic heterocycles. The lowest BCUT2D eigenvalue weighted by molar-refractivity contribution is -0.148. The molecule has 15 nitrogen and oxygen atoms in total. The van der Waals surface area contributed by atoms with E-state index in [9.17, 15) is 29.1 Å². The number of aromatic nitrogens is 1. The Morgan fingerprint density at radius 1 is 0.912 bits per heavy atom. The Labute approximate surface area is 414 Å². The number of methoxy groups -OCH3 is 2. The van der Waals surface area contributed by atoms with Gasteiger partial charge in [-0.05, 0) is 99.0 Å². The van der Waals surface area contributed by atoms with Crippen molar-refractivity contribution in [3.05, 3.63) is 48.7 Å². The average Bonchev–Trinajstić information content (AvgIpc) is 3.80. The number of amides is 5. The summed E-state index contributed by atoms with van der Waals surface area (Å²) < 4.78 is 18.0. The van der Waals surface area contributed by atoms with Crippen LogP contribution in [0.25, 0.3) is 0 Å². The van der Waals surface area contributed by atoms with Crippen molar-refractivity contribution in [2.75, 3.05) is 34.9 Å². The molecule has 2 fully saturated rings. The Morgan fingerprint density at radius 2 is 1.62 bits per heavy atom. The van der Waals surface area contributed by atoms with Crippen LogP contribution in [0, 0.1) is 23.7 Å². The standard InChI is InChI=1S/C51H82N6O9S2/c1-13-34(6)45(40(64-11)30-42(58)57-29-19-20-39(57)46(65-12)36(8)47(59)53-35(7)31-51(63)26-16-14-17-27-51)55(9)49(61)43(32(2)3)54-48(60)44(33(4)5)56(10)50(62)66-37-22-24-38(25-23-37)67-68-41-21-15-18-28-52-41/h14-18,21,26,28,32-40,43-46,63H,13,19-20,22-25,27,29-31H2,1-12H3,(H,53,59)(H,54,60)/t34-,35+,36+,37?,38?,39+,40+,43-,44-,45-,46+,51-/m0/s1. The number of likely N-dealkylation sites (N-methyl/N-ethyl adjacent to an activating group) is 2. The van der Waals surface area contributed by atoms with Crippen LogP contribution in [0.15, 0.2) is 53.7 Å². The highest BCUT2D eigenvalue weighted by molar-refractivity contribution is 8.76. The van der Waals surface area contributed by atoms with E-state index in [4.69, 9.17) is 14.2 Å². The van der Waals surface area contributed by atoms with Crippen LogP contribution < -0.4 is 10.6 Å². The van der Waals surface area contributed by atoms with Crippen molar-refractivity contribution < 1.29 is 43.3 Å². The molecule has 4 rings (SSSR count). The van der Waals surface area contributed by atoms with Gasteiger partial charge in [-0.15, -0.1) is 0 Å². The smallest absolute Gasteiger partial charge is 0.410 e. The molecule has 1 aromatic rings. The van der Waals surface area contributed by atoms with Gasteiger partial charge in [-0.25, -0.2) is 9.78 Å². The first-order valence-corrected chi connectivity index (χ1v) is 26.9. The third-order valence-electron chi connectivity index (χ3n) is 14.1. The van der Waals surface area contributed by atoms with Crippen LogP contribution in [0.4, 0.5) is 4.79 Å². The number of pyridine rings is 1. The topological polar surface area (TPSA) is 180 Å². The second-order valence-corrected chi connectivity index (χ2v) is 22.5. The van der Waals surface area contributed by atoms with Gasteiger partial charge in [-0.3, -0.25) is 24.1 Å². The number of allylic oxidation sites excluding steroid dienone is 2. The summed E-state index contributed by atoms with van der Waals surface area (Å²) in [4.78, 5) is 79.6. The summed E-state index contributed by atoms with van der Waals surface area (Å²) in [5, 5.41) is 18.4. The maximum atomic E-state index is 14.7. The van der Waals surface area contributed by atoms with E-state index in [0.717, 1.165) is 37.1 Å². The zero-order valence-corrected chi connectivity index (χ0v) is 44.4. The van der Waals surface area contributed by atoms with E-state index in [1.54, 1.807) is 78.9 Å². The van der Waals surface area contributed by atoms with Gasteiger partial charge in [0.25, 0.3) is 0 Å². The number of hydrogen-bond acceptors (Lipinski definition) is 12. The fraction of sp³-hybridized carbons (Fsp3) is 0.725. The summed E-state index contributed by atoms with van der Waals surface area (Å²) in [5.41, 5.74) is -1.03. The van der Waals surface area contributed by atoms with Crippen molar-refractivity contribution in [3.8, 4) is 0 Å². The highest BCUT2D eigenvalue weighted by atomic mass is 33.1. The summed E-state index contributed by atoms with van der Waals surface area (Å²) in [6, 6.07) is 2.84. The minimum atomic E-state index is -1.03. The van der Waals surface area contributed by atoms with E-state index in [-0.39, 0.29) is 60.1 Å². The number of rotatable bonds is 24. The van der Waals surface area contributed by atoms with Gasteiger partial charge in [-0.1, -0.05) is 96.1 Å². The zero-order valence-electron chi connectivity index (χ0n) is 42.7. The second-order valence-electron chi connectivity index (χ2n) is 20.0. The van der Waals surface area contributed by atoms with E-state index >= 15 is 0 Å². The summed E-state index contributed by atoms with van der Waals surface area (Å²) in [6.45, 7) is 15.7. The third kappa shape index (κ3) is 15.7. The number of carbonyl (C=O) groups excluding carboxylic acids is 5. The van der Waals surface area contributed by atoms with Gasteiger partial charge in [0.1, 0.15) is 23.2 Å². The van der Waals surface area contributed by atoms with Gasteiger partial charge in [-0.2, -0.15) is 0 Å². The van der Waals surface area contributed by atoms with Crippen LogP contribution in [0.3, 0.4) is 0 Å². The van der Waals surface area contributed by atoms with Crippen molar-refractivity contribution in [1.29, 1.82) is 0 Å². The summed E-state index contributed by atoms with van der Waals surface area (Å²) in [6.07, 6.45) is 13.2. The fourth-order valence-corrected chi connectivity index (χ4v) is 12.6. The van der Waals surface area contributed by atoms with Crippen molar-refractivity contribution in [1.82, 2.24) is 30.3 Å². The lowest BCUT2D eigenvalue weighted by atomic mass is 9.88. The number of likely N-dealkylation sites (tertiary alicyclic amines) is 1. The predicted molar refractivity (Wildman–Crippen MR) is 270 cm³/mol. The van der Waals surface area contributed by atoms with Gasteiger partial charge >= 0.3 is 6.09 Å². The molecule has 2 aliphatic carbocycles. The van der Waals surface area contributed by atoms with Crippen LogP contribution >= 0.6 is 21.6 Å². The molecule has 1 saturated carbocycles. The van der Waals surface area contributed by atoms with Crippen LogP contribution in [-0.4, -0.2) is 149 Å². The SMILES string of the molecule is CC[C@H](C)[C@@H]([C@@H](CC(=O)N1CCC[C@@H]1[C@H](OC)[C@@H](C)C(=O)N[C@H](C)C[C@]1(O)C=CC=CC1)OC)N(C)C(=O)[C@@H](NC(=O)[C@H](C(C)C)N(C)C(=O)OC1CCC(SSc2ccccn2)CC1)C(C)C. The monoisotopic (exact) mass is 987 g/mol. The number of carbonyl (C=O) groups is 5. The molecule has 5 amide bonds. The van der Waals surface area contributed by atoms with E-state index in [1.807, 2.05) is 84.9 Å². The van der Waals surface area contributed by atoms with Crippen molar-refractivity contribution in [3.63, 3.8) is 0 Å². The van der Waals surface area contributed by atoms with Crippen LogP contribution in [-0.2, 0) is 33.4 Å². The van der Waals surface area contributed by atoms with E-state index in [2.05, 4.69) is 15.6 Å². The molecular weight excluding hydrogens is 905 g/mol. The molecular formula is C51H82N6O9S2. The molecule has 68 heavy (non-hydrogen) atoms. The molecule has 382 valence electrons. The first-order valence-electron chi connectivity index (χ1n) is 24.7. The van der Waals surface area contributed by atoms with Gasteiger partial charge in [0, 0.05) is 52.3 Å². The van der Waals surface area contributed by atoms with Crippen molar-refractivity contribution in [2.45, 2.75) is 184 Å². The molecule has 1 saturated heterocycles. The van der Waals surface area contributed by atoms with Gasteiger partial charge < -0.3 is 39.8 Å². The van der Waals surface area contributed by atoms with Gasteiger partial charge in [0.2, 0.25) is 23.6 Å². The van der Waals surface area contributed by atoms with E-state index in [1.165, 1.54) is 4.90 Å². The number of nitrogens with zero attached hydrogens (tertiary/aromatic N) is 4. The number of aliphatic hydroxyl groups is 1. The highest BCUT2D eigenvalue weighted by Crippen LogP contribution is 2.40. The molecule has 2 heterocycles. The molecule has 0 unspecified atom stereocenters. The molecule has 3 aliphatic rings. The maximum absolute atomic E-state index is 14.7. The zero-order chi connectivity index (χ0) is 50.3. The first-order chi connectivity index (χ1) is 32.2. The molecule has 0 aromatic carbocycles. The molecule has 0 bridgehead atoms. The number of nitrogens with one attached hydrogen (secondary N) is 2. The quantitative estimate of drug-likeness (QED) is 0.0874. The third-order valence-corrected chi connectivity index (χ3v) is 16.9. The van der Waals surface area contributed by atoms with Gasteiger partial charge in [0.15, 0.2) is 0 Å². The Kier molecular flexibility index (Phi) is 22.7. The molecule has 0 radical (unpaired) electrons. The van der Waals surface area contributed by atoms with Crippen LogP contribution in [0.2, 0.25) is 0 Å². The van der Waals surface area contributed by atoms with Crippen molar-refractivity contribution in [2.24, 2.45) is 23.7 Å². The van der Waals surface area contributed by atoms with Crippen LogP contribution in [0.1, 0.15) is 120 Å². The minimum absolute atomic E-state index is 0.0140. The maximum Gasteiger partial charge on any atom is 0.410 e. The number of hydrogen-bond donors (Lipinski definition) is 3. The van der Waals surface area contributed by atoms with Crippen LogP contribution in [0.5, 0.6) is 0 Å². The number of ether oxygens (including phenoxy) is 3. The molecule has 17 heteroatoms. The summed E-state index contributed by atoms with van der Waals surface area (Å²) in [5.74, 6) is -2.44. The average molecular weight is 987 g/mol. The molecule has 0 spiro atoms. The predicted octanol–water partition coefficient (Wildman–Crippen LogP) is 7.43. The van der Waals surface area contributed by atoms with E-state index in [0.29, 0.717) is 37.5 Å². The van der Waals surface area contributed by atoms with Crippen molar-refractivity contribution >= 4 is 51.3 Å². The minimum Gasteiger partial charge on any atom is -0.446 e. The molecule has 10 atom stereocenters. The first kappa shape index (κ1) is 56.9. The summed E-state index contributed by atoms with van der Waals surface area (Å²) >= 11 is 0. The Balaban J connectivity index is 1.39. The Morgan fingerprint density at radius 3 is 2.19 bits per heavy atom. The largest absolute Gasteiger partial charge is 0.446 e.